The second-order valence-corrected chi connectivity index (χ2v) is 9.69. The molecule has 0 aliphatic rings. The van der Waals surface area contributed by atoms with E-state index in [1.54, 1.807) is 18.2 Å². The first kappa shape index (κ1) is 24.1. The van der Waals surface area contributed by atoms with Gasteiger partial charge in [0.1, 0.15) is 16.5 Å². The number of nitrogens with one attached hydrogen (secondary N) is 1. The van der Waals surface area contributed by atoms with Crippen LogP contribution in [0.25, 0.3) is 22.4 Å². The van der Waals surface area contributed by atoms with E-state index in [2.05, 4.69) is 25.4 Å². The summed E-state index contributed by atoms with van der Waals surface area (Å²) < 4.78 is 36.2. The maximum Gasteiger partial charge on any atom is 0.309 e. The Morgan fingerprint density at radius 1 is 1.24 bits per heavy atom. The van der Waals surface area contributed by atoms with Crippen LogP contribution in [0.2, 0.25) is 5.02 Å². The first-order chi connectivity index (χ1) is 17.6. The number of nitriles is 1. The summed E-state index contributed by atoms with van der Waals surface area (Å²) in [6.45, 7) is 1.53. The van der Waals surface area contributed by atoms with Crippen molar-refractivity contribution in [2.24, 2.45) is 10.2 Å². The lowest BCUT2D eigenvalue weighted by Gasteiger charge is -2.08. The molecular formula is C22H15ClN8O5S. The highest BCUT2D eigenvalue weighted by molar-refractivity contribution is 7.86. The van der Waals surface area contributed by atoms with E-state index in [1.165, 1.54) is 35.7 Å². The molecule has 5 rings (SSSR count). The third kappa shape index (κ3) is 4.20. The lowest BCUT2D eigenvalue weighted by atomic mass is 10.2. The Morgan fingerprint density at radius 2 is 2.00 bits per heavy atom. The maximum absolute atomic E-state index is 12.0. The number of H-pyrrole nitrogens is 1. The molecule has 37 heavy (non-hydrogen) atoms. The van der Waals surface area contributed by atoms with Crippen LogP contribution in [-0.4, -0.2) is 48.4 Å². The Bertz CT molecular complexity index is 1910. The molecule has 0 amide bonds. The second-order valence-electron chi connectivity index (χ2n) is 7.86. The van der Waals surface area contributed by atoms with E-state index in [-0.39, 0.29) is 39.8 Å². The molecule has 0 saturated heterocycles. The zero-order valence-corrected chi connectivity index (χ0v) is 20.4. The van der Waals surface area contributed by atoms with E-state index in [9.17, 15) is 28.1 Å². The average molecular weight is 539 g/mol. The van der Waals surface area contributed by atoms with Gasteiger partial charge in [0.25, 0.3) is 10.1 Å². The van der Waals surface area contributed by atoms with Crippen LogP contribution >= 0.6 is 11.6 Å². The van der Waals surface area contributed by atoms with Crippen molar-refractivity contribution in [3.63, 3.8) is 0 Å². The van der Waals surface area contributed by atoms with Crippen molar-refractivity contribution < 1.29 is 22.9 Å². The minimum atomic E-state index is -4.64. The number of benzene rings is 2. The van der Waals surface area contributed by atoms with Crippen molar-refractivity contribution in [3.05, 3.63) is 64.4 Å². The molecule has 186 valence electrons. The Hall–Kier alpha value is -4.58. The van der Waals surface area contributed by atoms with Gasteiger partial charge in [-0.3, -0.25) is 14.4 Å². The van der Waals surface area contributed by atoms with Gasteiger partial charge in [0.2, 0.25) is 0 Å². The summed E-state index contributed by atoms with van der Waals surface area (Å²) in [5.41, 5.74) is 1.85. The fourth-order valence-corrected chi connectivity index (χ4v) is 4.71. The van der Waals surface area contributed by atoms with E-state index >= 15 is 0 Å². The highest BCUT2D eigenvalue weighted by Crippen LogP contribution is 2.34. The van der Waals surface area contributed by atoms with E-state index in [0.717, 1.165) is 4.68 Å². The number of carbonyl (C=O) groups is 1. The van der Waals surface area contributed by atoms with Crippen LogP contribution in [0.5, 0.6) is 0 Å². The van der Waals surface area contributed by atoms with E-state index in [0.29, 0.717) is 16.1 Å². The van der Waals surface area contributed by atoms with Crippen LogP contribution in [0.1, 0.15) is 17.0 Å². The van der Waals surface area contributed by atoms with Crippen molar-refractivity contribution in [3.8, 4) is 11.8 Å². The standard InChI is InChI=1S/C22H15ClN8O5S/c1-11-13(10-24)21(30(28-11)16-4-2-3-5-18(16)37(34,35)36)27-26-20-15(9-19(32)33)29-31-17-8-12(23)6-7-14(17)25-22(20)31/h2-8,29H,9H2,1H3,(H,32,33)(H,34,35,36). The first-order valence-electron chi connectivity index (χ1n) is 10.5. The molecule has 5 aromatic rings. The molecule has 2 aromatic carbocycles. The van der Waals surface area contributed by atoms with Gasteiger partial charge >= 0.3 is 5.97 Å². The van der Waals surface area contributed by atoms with Gasteiger partial charge in [-0.25, -0.2) is 14.2 Å². The predicted molar refractivity (Wildman–Crippen MR) is 130 cm³/mol. The van der Waals surface area contributed by atoms with Crippen LogP contribution in [0, 0.1) is 18.3 Å². The minimum Gasteiger partial charge on any atom is -0.481 e. The van der Waals surface area contributed by atoms with E-state index in [4.69, 9.17) is 11.6 Å². The molecule has 3 aromatic heterocycles. The molecule has 13 nitrogen and oxygen atoms in total. The molecule has 0 aliphatic carbocycles. The molecule has 0 saturated carbocycles. The number of rotatable bonds is 6. The molecule has 0 fully saturated rings. The number of azo groups is 1. The number of nitrogens with zero attached hydrogens (tertiary/aromatic N) is 7. The zero-order valence-electron chi connectivity index (χ0n) is 18.8. The molecule has 0 atom stereocenters. The number of fused-ring (bicyclic) bond motifs is 3. The SMILES string of the molecule is Cc1nn(-c2ccccc2S(=O)(=O)O)c(N=Nc2c(CC(=O)O)[nH]n3c2nc2ccc(Cl)cc23)c1C#N. The summed E-state index contributed by atoms with van der Waals surface area (Å²) in [6, 6.07) is 12.5. The fraction of sp³-hybridized carbons (Fsp3) is 0.0909. The van der Waals surface area contributed by atoms with Crippen LogP contribution < -0.4 is 0 Å². The Labute approximate surface area is 213 Å². The van der Waals surface area contributed by atoms with Gasteiger partial charge in [0.05, 0.1) is 34.5 Å². The molecular weight excluding hydrogens is 524 g/mol. The van der Waals surface area contributed by atoms with E-state index < -0.39 is 27.4 Å². The van der Waals surface area contributed by atoms with Crippen molar-refractivity contribution >= 4 is 55.9 Å². The molecule has 3 N–H and O–H groups in total. The van der Waals surface area contributed by atoms with Gasteiger partial charge in [-0.1, -0.05) is 23.7 Å². The smallest absolute Gasteiger partial charge is 0.309 e. The maximum atomic E-state index is 12.0. The number of hydrogen-bond acceptors (Lipinski definition) is 8. The number of aromatic nitrogens is 5. The van der Waals surface area contributed by atoms with Gasteiger partial charge in [-0.15, -0.1) is 10.2 Å². The number of imidazole rings is 1. The number of aromatic amines is 1. The number of carboxylic acids is 1. The molecule has 0 bridgehead atoms. The monoisotopic (exact) mass is 538 g/mol. The summed E-state index contributed by atoms with van der Waals surface area (Å²) in [5.74, 6) is -1.26. The van der Waals surface area contributed by atoms with Gasteiger partial charge in [0.15, 0.2) is 17.2 Å². The highest BCUT2D eigenvalue weighted by Gasteiger charge is 2.24. The summed E-state index contributed by atoms with van der Waals surface area (Å²) in [4.78, 5) is 15.5. The lowest BCUT2D eigenvalue weighted by molar-refractivity contribution is -0.136. The summed E-state index contributed by atoms with van der Waals surface area (Å²) in [7, 11) is -4.64. The van der Waals surface area contributed by atoms with Crippen molar-refractivity contribution in [2.75, 3.05) is 0 Å². The molecule has 15 heteroatoms. The normalized spacial score (nSPS) is 12.1. The molecule has 0 unspecified atom stereocenters. The van der Waals surface area contributed by atoms with E-state index in [1.807, 2.05) is 6.07 Å². The number of aryl methyl sites for hydroxylation is 1. The number of aliphatic carboxylic acids is 1. The van der Waals surface area contributed by atoms with Gasteiger partial charge in [-0.05, 0) is 37.3 Å². The Kier molecular flexibility index (Phi) is 5.75. The van der Waals surface area contributed by atoms with Crippen molar-refractivity contribution in [2.45, 2.75) is 18.2 Å². The lowest BCUT2D eigenvalue weighted by Crippen LogP contribution is -2.06. The Morgan fingerprint density at radius 3 is 2.70 bits per heavy atom. The largest absolute Gasteiger partial charge is 0.481 e. The zero-order chi connectivity index (χ0) is 26.5. The Balaban J connectivity index is 1.74. The first-order valence-corrected chi connectivity index (χ1v) is 12.3. The number of carboxylic acid groups (broad SMARTS) is 1. The molecule has 0 radical (unpaired) electrons. The molecule has 0 aliphatic heterocycles. The summed E-state index contributed by atoms with van der Waals surface area (Å²) >= 11 is 6.11. The number of para-hydroxylation sites is 1. The third-order valence-electron chi connectivity index (χ3n) is 5.45. The van der Waals surface area contributed by atoms with Gasteiger partial charge in [0, 0.05) is 5.02 Å². The van der Waals surface area contributed by atoms with Crippen LogP contribution in [0.3, 0.4) is 0 Å². The summed E-state index contributed by atoms with van der Waals surface area (Å²) in [6.07, 6.45) is -0.436. The number of hydrogen-bond donors (Lipinski definition) is 3. The second kappa shape index (κ2) is 8.82. The topological polar surface area (TPSA) is 191 Å². The quantitative estimate of drug-likeness (QED) is 0.212. The van der Waals surface area contributed by atoms with Crippen LogP contribution in [-0.2, 0) is 21.3 Å². The third-order valence-corrected chi connectivity index (χ3v) is 6.59. The minimum absolute atomic E-state index is 0.000478. The number of halogens is 1. The van der Waals surface area contributed by atoms with Crippen molar-refractivity contribution in [1.82, 2.24) is 24.4 Å². The van der Waals surface area contributed by atoms with Crippen LogP contribution in [0.4, 0.5) is 11.5 Å². The highest BCUT2D eigenvalue weighted by atomic mass is 35.5. The van der Waals surface area contributed by atoms with Gasteiger partial charge in [-0.2, -0.15) is 18.8 Å². The average Bonchev–Trinajstić information content (AvgIpc) is 3.46. The van der Waals surface area contributed by atoms with Crippen molar-refractivity contribution in [1.29, 1.82) is 5.26 Å². The predicted octanol–water partition coefficient (Wildman–Crippen LogP) is 4.12. The van der Waals surface area contributed by atoms with Gasteiger partial charge < -0.3 is 5.11 Å². The molecule has 0 spiro atoms. The van der Waals surface area contributed by atoms with Crippen LogP contribution in [0.15, 0.2) is 57.6 Å². The molecule has 3 heterocycles. The fourth-order valence-electron chi connectivity index (χ4n) is 3.88. The summed E-state index contributed by atoms with van der Waals surface area (Å²) in [5, 5.41) is 35.2.